The van der Waals surface area contributed by atoms with Crippen molar-refractivity contribution in [3.05, 3.63) is 51.6 Å². The molecule has 0 heterocycles. The summed E-state index contributed by atoms with van der Waals surface area (Å²) in [6, 6.07) is 15.5. The Labute approximate surface area is 125 Å². The van der Waals surface area contributed by atoms with E-state index in [4.69, 9.17) is 15.1 Å². The average molecular weight is 365 g/mol. The molecule has 3 nitrogen and oxygen atoms in total. The van der Waals surface area contributed by atoms with E-state index in [-0.39, 0.29) is 6.61 Å². The van der Waals surface area contributed by atoms with Gasteiger partial charge >= 0.3 is 0 Å². The van der Waals surface area contributed by atoms with Crippen molar-refractivity contribution in [2.24, 2.45) is 0 Å². The highest BCUT2D eigenvalue weighted by Crippen LogP contribution is 2.28. The number of hydrogen-bond acceptors (Lipinski definition) is 3. The van der Waals surface area contributed by atoms with Crippen LogP contribution in [-0.2, 0) is 0 Å². The van der Waals surface area contributed by atoms with Crippen molar-refractivity contribution in [3.63, 3.8) is 0 Å². The maximum atomic E-state index is 8.77. The van der Waals surface area contributed by atoms with Gasteiger partial charge in [-0.25, -0.2) is 0 Å². The van der Waals surface area contributed by atoms with Crippen LogP contribution in [0.5, 0.6) is 5.75 Å². The molecule has 0 aromatic heterocycles. The third-order valence-corrected chi connectivity index (χ3v) is 3.47. The van der Waals surface area contributed by atoms with E-state index in [0.717, 1.165) is 20.4 Å². The SMILES string of the molecule is N#Cc1ccc(-c2ccc(OCCO)c(I)c2)cc1. The predicted octanol–water partition coefficient (Wildman–Crippen LogP) is 3.20. The third-order valence-electron chi connectivity index (χ3n) is 2.63. The number of halogens is 1. The van der Waals surface area contributed by atoms with Gasteiger partial charge < -0.3 is 9.84 Å². The molecule has 1 N–H and O–H groups in total. The van der Waals surface area contributed by atoms with Crippen LogP contribution in [0.4, 0.5) is 0 Å². The fourth-order valence-electron chi connectivity index (χ4n) is 1.69. The summed E-state index contributed by atoms with van der Waals surface area (Å²) in [5, 5.41) is 17.5. The Bertz CT molecular complexity index is 603. The molecule has 0 amide bonds. The molecule has 2 rings (SSSR count). The first-order chi connectivity index (χ1) is 9.24. The molecule has 0 aliphatic rings. The van der Waals surface area contributed by atoms with Crippen molar-refractivity contribution in [1.82, 2.24) is 0 Å². The fourth-order valence-corrected chi connectivity index (χ4v) is 2.36. The first kappa shape index (κ1) is 13.8. The molecule has 0 radical (unpaired) electrons. The van der Waals surface area contributed by atoms with Crippen molar-refractivity contribution in [3.8, 4) is 22.9 Å². The molecule has 0 aliphatic carbocycles. The molecule has 0 atom stereocenters. The van der Waals surface area contributed by atoms with Crippen LogP contribution >= 0.6 is 22.6 Å². The second-order valence-electron chi connectivity index (χ2n) is 3.91. The van der Waals surface area contributed by atoms with Crippen LogP contribution in [0.1, 0.15) is 5.56 Å². The van der Waals surface area contributed by atoms with Gasteiger partial charge in [-0.2, -0.15) is 5.26 Å². The van der Waals surface area contributed by atoms with Gasteiger partial charge in [0, 0.05) is 0 Å². The molecule has 2 aromatic carbocycles. The molecule has 0 saturated carbocycles. The number of aliphatic hydroxyl groups excluding tert-OH is 1. The number of aliphatic hydroxyl groups is 1. The van der Waals surface area contributed by atoms with E-state index in [9.17, 15) is 0 Å². The number of nitriles is 1. The van der Waals surface area contributed by atoms with E-state index in [0.29, 0.717) is 12.2 Å². The van der Waals surface area contributed by atoms with E-state index in [1.165, 1.54) is 0 Å². The maximum Gasteiger partial charge on any atom is 0.132 e. The standard InChI is InChI=1S/C15H12INO2/c16-14-9-13(5-6-15(14)19-8-7-18)12-3-1-11(10-17)2-4-12/h1-6,9,18H,7-8H2. The summed E-state index contributed by atoms with van der Waals surface area (Å²) in [7, 11) is 0. The molecule has 0 unspecified atom stereocenters. The summed E-state index contributed by atoms with van der Waals surface area (Å²) in [6.07, 6.45) is 0. The fraction of sp³-hybridized carbons (Fsp3) is 0.133. The van der Waals surface area contributed by atoms with Gasteiger partial charge in [0.05, 0.1) is 21.8 Å². The molecule has 0 fully saturated rings. The predicted molar refractivity (Wildman–Crippen MR) is 81.9 cm³/mol. The Morgan fingerprint density at radius 1 is 1.11 bits per heavy atom. The van der Waals surface area contributed by atoms with Crippen LogP contribution in [-0.4, -0.2) is 18.3 Å². The van der Waals surface area contributed by atoms with Crippen molar-refractivity contribution in [2.75, 3.05) is 13.2 Å². The summed E-state index contributed by atoms with van der Waals surface area (Å²) >= 11 is 2.21. The molecule has 0 spiro atoms. The lowest BCUT2D eigenvalue weighted by Gasteiger charge is -2.09. The van der Waals surface area contributed by atoms with Gasteiger partial charge in [0.25, 0.3) is 0 Å². The Kier molecular flexibility index (Phi) is 4.77. The lowest BCUT2D eigenvalue weighted by molar-refractivity contribution is 0.200. The zero-order valence-corrected chi connectivity index (χ0v) is 12.3. The molecule has 0 aliphatic heterocycles. The average Bonchev–Trinajstić information content (AvgIpc) is 2.46. The lowest BCUT2D eigenvalue weighted by atomic mass is 10.0. The Hall–Kier alpha value is -1.58. The quantitative estimate of drug-likeness (QED) is 0.847. The summed E-state index contributed by atoms with van der Waals surface area (Å²) in [5.41, 5.74) is 2.79. The second kappa shape index (κ2) is 6.55. The first-order valence-corrected chi connectivity index (χ1v) is 6.86. The van der Waals surface area contributed by atoms with E-state index in [1.54, 1.807) is 12.1 Å². The van der Waals surface area contributed by atoms with Crippen molar-refractivity contribution >= 4 is 22.6 Å². The van der Waals surface area contributed by atoms with Crippen LogP contribution in [0.2, 0.25) is 0 Å². The van der Waals surface area contributed by atoms with Crippen molar-refractivity contribution in [2.45, 2.75) is 0 Å². The smallest absolute Gasteiger partial charge is 0.132 e. The highest BCUT2D eigenvalue weighted by Gasteiger charge is 2.04. The van der Waals surface area contributed by atoms with Gasteiger partial charge in [-0.15, -0.1) is 0 Å². The third kappa shape index (κ3) is 3.46. The van der Waals surface area contributed by atoms with E-state index in [1.807, 2.05) is 30.3 Å². The number of benzene rings is 2. The summed E-state index contributed by atoms with van der Waals surface area (Å²) in [4.78, 5) is 0. The summed E-state index contributed by atoms with van der Waals surface area (Å²) in [6.45, 7) is 0.305. The molecule has 19 heavy (non-hydrogen) atoms. The van der Waals surface area contributed by atoms with E-state index >= 15 is 0 Å². The Morgan fingerprint density at radius 2 is 1.79 bits per heavy atom. The first-order valence-electron chi connectivity index (χ1n) is 5.78. The largest absolute Gasteiger partial charge is 0.490 e. The summed E-state index contributed by atoms with van der Waals surface area (Å²) < 4.78 is 6.41. The minimum atomic E-state index is 0.00739. The molecule has 0 bridgehead atoms. The van der Waals surface area contributed by atoms with Crippen LogP contribution in [0, 0.1) is 14.9 Å². The number of ether oxygens (including phenoxy) is 1. The number of rotatable bonds is 4. The van der Waals surface area contributed by atoms with Crippen LogP contribution < -0.4 is 4.74 Å². The van der Waals surface area contributed by atoms with Crippen LogP contribution in [0.25, 0.3) is 11.1 Å². The number of hydrogen-bond donors (Lipinski definition) is 1. The highest BCUT2D eigenvalue weighted by atomic mass is 127. The monoisotopic (exact) mass is 365 g/mol. The van der Waals surface area contributed by atoms with E-state index < -0.39 is 0 Å². The molecular formula is C15H12INO2. The minimum absolute atomic E-state index is 0.00739. The highest BCUT2D eigenvalue weighted by molar-refractivity contribution is 14.1. The normalized spacial score (nSPS) is 9.95. The molecule has 2 aromatic rings. The topological polar surface area (TPSA) is 53.2 Å². The van der Waals surface area contributed by atoms with Crippen LogP contribution in [0.3, 0.4) is 0 Å². The minimum Gasteiger partial charge on any atom is -0.490 e. The van der Waals surface area contributed by atoms with Crippen molar-refractivity contribution < 1.29 is 9.84 Å². The van der Waals surface area contributed by atoms with Gasteiger partial charge in [0.15, 0.2) is 0 Å². The van der Waals surface area contributed by atoms with Gasteiger partial charge in [0.1, 0.15) is 12.4 Å². The number of nitrogens with zero attached hydrogens (tertiary/aromatic N) is 1. The Balaban J connectivity index is 2.25. The van der Waals surface area contributed by atoms with Gasteiger partial charge in [-0.05, 0) is 58.0 Å². The second-order valence-corrected chi connectivity index (χ2v) is 5.07. The van der Waals surface area contributed by atoms with E-state index in [2.05, 4.69) is 28.7 Å². The zero-order chi connectivity index (χ0) is 13.7. The molecule has 4 heteroatoms. The molecule has 96 valence electrons. The van der Waals surface area contributed by atoms with Gasteiger partial charge in [-0.1, -0.05) is 18.2 Å². The maximum absolute atomic E-state index is 8.77. The van der Waals surface area contributed by atoms with Gasteiger partial charge in [0.2, 0.25) is 0 Å². The summed E-state index contributed by atoms with van der Waals surface area (Å²) in [5.74, 6) is 0.770. The zero-order valence-electron chi connectivity index (χ0n) is 10.1. The lowest BCUT2D eigenvalue weighted by Crippen LogP contribution is -2.02. The Morgan fingerprint density at radius 3 is 2.37 bits per heavy atom. The van der Waals surface area contributed by atoms with Crippen molar-refractivity contribution in [1.29, 1.82) is 5.26 Å². The molecule has 0 saturated heterocycles. The van der Waals surface area contributed by atoms with Crippen LogP contribution in [0.15, 0.2) is 42.5 Å². The van der Waals surface area contributed by atoms with Gasteiger partial charge in [-0.3, -0.25) is 0 Å². The molecular weight excluding hydrogens is 353 g/mol.